The number of hydrogen-bond donors (Lipinski definition) is 1. The second-order valence-electron chi connectivity index (χ2n) is 8.59. The summed E-state index contributed by atoms with van der Waals surface area (Å²) in [5, 5.41) is 3.01. The third-order valence-electron chi connectivity index (χ3n) is 4.75. The lowest BCUT2D eigenvalue weighted by atomic mass is 10.1. The van der Waals surface area contributed by atoms with Crippen molar-refractivity contribution in [3.63, 3.8) is 0 Å². The van der Waals surface area contributed by atoms with Gasteiger partial charge in [0.25, 0.3) is 5.91 Å². The molecule has 2 aromatic carbocycles. The van der Waals surface area contributed by atoms with Crippen molar-refractivity contribution in [2.45, 2.75) is 59.0 Å². The van der Waals surface area contributed by atoms with Gasteiger partial charge in [-0.3, -0.25) is 9.59 Å². The molecule has 0 spiro atoms. The van der Waals surface area contributed by atoms with Crippen molar-refractivity contribution >= 4 is 11.8 Å². The summed E-state index contributed by atoms with van der Waals surface area (Å²) in [5.74, 6) is 0.313. The Labute approximate surface area is 180 Å². The van der Waals surface area contributed by atoms with Gasteiger partial charge >= 0.3 is 0 Å². The molecule has 2 aromatic rings. The number of rotatable bonds is 9. The van der Waals surface area contributed by atoms with Gasteiger partial charge in [0.05, 0.1) is 0 Å². The number of carbonyl (C=O) groups excluding carboxylic acids is 2. The van der Waals surface area contributed by atoms with E-state index in [4.69, 9.17) is 4.74 Å². The second-order valence-corrected chi connectivity index (χ2v) is 8.59. The minimum atomic E-state index is -0.540. The van der Waals surface area contributed by atoms with Gasteiger partial charge in [0.1, 0.15) is 11.8 Å². The Bertz CT molecular complexity index is 811. The SMILES string of the molecule is CC[C@H](C(=O)NC(C)(C)C)N(CCc1ccccc1)C(=O)COc1ccc(C)cc1. The fourth-order valence-electron chi connectivity index (χ4n) is 3.21. The number of hydrogen-bond acceptors (Lipinski definition) is 3. The lowest BCUT2D eigenvalue weighted by Crippen LogP contribution is -2.54. The Balaban J connectivity index is 2.14. The van der Waals surface area contributed by atoms with E-state index in [0.717, 1.165) is 11.1 Å². The minimum Gasteiger partial charge on any atom is -0.484 e. The Morgan fingerprint density at radius 2 is 1.67 bits per heavy atom. The maximum atomic E-state index is 13.1. The Morgan fingerprint density at radius 3 is 2.23 bits per heavy atom. The van der Waals surface area contributed by atoms with Crippen LogP contribution in [0.2, 0.25) is 0 Å². The number of benzene rings is 2. The van der Waals surface area contributed by atoms with E-state index < -0.39 is 6.04 Å². The zero-order chi connectivity index (χ0) is 22.1. The molecule has 5 heteroatoms. The highest BCUT2D eigenvalue weighted by atomic mass is 16.5. The molecule has 2 rings (SSSR count). The van der Waals surface area contributed by atoms with E-state index in [0.29, 0.717) is 25.1 Å². The lowest BCUT2D eigenvalue weighted by Gasteiger charge is -2.33. The fraction of sp³-hybridized carbons (Fsp3) is 0.440. The highest BCUT2D eigenvalue weighted by Crippen LogP contribution is 2.14. The molecule has 0 aliphatic rings. The summed E-state index contributed by atoms with van der Waals surface area (Å²) in [7, 11) is 0. The molecule has 30 heavy (non-hydrogen) atoms. The molecule has 0 aliphatic heterocycles. The number of amides is 2. The van der Waals surface area contributed by atoms with Crippen molar-refractivity contribution in [1.29, 1.82) is 0 Å². The summed E-state index contributed by atoms with van der Waals surface area (Å²) >= 11 is 0. The first kappa shape index (κ1) is 23.5. The topological polar surface area (TPSA) is 58.6 Å². The van der Waals surface area contributed by atoms with Crippen molar-refractivity contribution in [3.8, 4) is 5.75 Å². The van der Waals surface area contributed by atoms with Crippen LogP contribution in [0.25, 0.3) is 0 Å². The Morgan fingerprint density at radius 1 is 1.03 bits per heavy atom. The van der Waals surface area contributed by atoms with E-state index in [1.54, 1.807) is 4.90 Å². The molecule has 0 unspecified atom stereocenters. The third-order valence-corrected chi connectivity index (χ3v) is 4.75. The van der Waals surface area contributed by atoms with Gasteiger partial charge in [-0.05, 0) is 58.2 Å². The van der Waals surface area contributed by atoms with Gasteiger partial charge in [-0.2, -0.15) is 0 Å². The molecule has 162 valence electrons. The number of carbonyl (C=O) groups is 2. The van der Waals surface area contributed by atoms with Gasteiger partial charge in [0, 0.05) is 12.1 Å². The summed E-state index contributed by atoms with van der Waals surface area (Å²) in [6.07, 6.45) is 1.21. The maximum absolute atomic E-state index is 13.1. The quantitative estimate of drug-likeness (QED) is 0.676. The maximum Gasteiger partial charge on any atom is 0.261 e. The van der Waals surface area contributed by atoms with Gasteiger partial charge in [0.15, 0.2) is 6.61 Å². The molecule has 0 saturated carbocycles. The average Bonchev–Trinajstić information content (AvgIpc) is 2.69. The van der Waals surface area contributed by atoms with Crippen molar-refractivity contribution in [1.82, 2.24) is 10.2 Å². The summed E-state index contributed by atoms with van der Waals surface area (Å²) in [4.78, 5) is 27.7. The summed E-state index contributed by atoms with van der Waals surface area (Å²) < 4.78 is 5.71. The molecule has 0 heterocycles. The van der Waals surface area contributed by atoms with Crippen LogP contribution in [0.1, 0.15) is 45.2 Å². The number of nitrogens with zero attached hydrogens (tertiary/aromatic N) is 1. The molecule has 5 nitrogen and oxygen atoms in total. The highest BCUT2D eigenvalue weighted by molar-refractivity contribution is 5.88. The van der Waals surface area contributed by atoms with E-state index in [9.17, 15) is 9.59 Å². The monoisotopic (exact) mass is 410 g/mol. The van der Waals surface area contributed by atoms with Crippen LogP contribution in [0.4, 0.5) is 0 Å². The van der Waals surface area contributed by atoms with Crippen molar-refractivity contribution in [2.75, 3.05) is 13.2 Å². The largest absolute Gasteiger partial charge is 0.484 e. The molecule has 0 fully saturated rings. The molecule has 0 saturated heterocycles. The fourth-order valence-corrected chi connectivity index (χ4v) is 3.21. The summed E-state index contributed by atoms with van der Waals surface area (Å²) in [5.41, 5.74) is 1.89. The molecule has 2 amide bonds. The first-order valence-corrected chi connectivity index (χ1v) is 10.5. The van der Waals surface area contributed by atoms with Gasteiger partial charge in [-0.1, -0.05) is 55.0 Å². The normalized spacial score (nSPS) is 12.2. The number of nitrogens with one attached hydrogen (secondary N) is 1. The molecule has 1 N–H and O–H groups in total. The standard InChI is InChI=1S/C25H34N2O3/c1-6-22(24(29)26-25(3,4)5)27(17-16-20-10-8-7-9-11-20)23(28)18-30-21-14-12-19(2)13-15-21/h7-15,22H,6,16-18H2,1-5H3,(H,26,29)/t22-/m1/s1. The second kappa shape index (κ2) is 10.8. The van der Waals surface area contributed by atoms with E-state index in [1.807, 2.05) is 89.2 Å². The van der Waals surface area contributed by atoms with E-state index in [1.165, 1.54) is 0 Å². The van der Waals surface area contributed by atoms with Crippen molar-refractivity contribution in [2.24, 2.45) is 0 Å². The molecule has 0 radical (unpaired) electrons. The minimum absolute atomic E-state index is 0.100. The highest BCUT2D eigenvalue weighted by Gasteiger charge is 2.30. The predicted molar refractivity (Wildman–Crippen MR) is 121 cm³/mol. The Kier molecular flexibility index (Phi) is 8.46. The van der Waals surface area contributed by atoms with Crippen LogP contribution in [0, 0.1) is 6.92 Å². The third kappa shape index (κ3) is 7.54. The van der Waals surface area contributed by atoms with Crippen molar-refractivity contribution < 1.29 is 14.3 Å². The summed E-state index contributed by atoms with van der Waals surface area (Å²) in [6.45, 7) is 10.1. The van der Waals surface area contributed by atoms with Gasteiger partial charge in [0.2, 0.25) is 5.91 Å². The molecular formula is C25H34N2O3. The van der Waals surface area contributed by atoms with Gasteiger partial charge < -0.3 is 15.0 Å². The van der Waals surface area contributed by atoms with Crippen LogP contribution in [0.5, 0.6) is 5.75 Å². The van der Waals surface area contributed by atoms with E-state index in [-0.39, 0.29) is 24.0 Å². The first-order chi connectivity index (χ1) is 14.2. The number of aryl methyl sites for hydroxylation is 1. The zero-order valence-electron chi connectivity index (χ0n) is 18.8. The number of ether oxygens (including phenoxy) is 1. The predicted octanol–water partition coefficient (Wildman–Crippen LogP) is 4.14. The molecular weight excluding hydrogens is 376 g/mol. The molecule has 1 atom stereocenters. The first-order valence-electron chi connectivity index (χ1n) is 10.5. The van der Waals surface area contributed by atoms with Gasteiger partial charge in [-0.25, -0.2) is 0 Å². The molecule has 0 bridgehead atoms. The molecule has 0 aliphatic carbocycles. The average molecular weight is 411 g/mol. The van der Waals surface area contributed by atoms with Crippen LogP contribution in [0.3, 0.4) is 0 Å². The van der Waals surface area contributed by atoms with E-state index >= 15 is 0 Å². The Hall–Kier alpha value is -2.82. The van der Waals surface area contributed by atoms with E-state index in [2.05, 4.69) is 5.32 Å². The van der Waals surface area contributed by atoms with Crippen LogP contribution < -0.4 is 10.1 Å². The van der Waals surface area contributed by atoms with Crippen molar-refractivity contribution in [3.05, 3.63) is 65.7 Å². The lowest BCUT2D eigenvalue weighted by molar-refractivity contribution is -0.142. The molecule has 0 aromatic heterocycles. The van der Waals surface area contributed by atoms with Crippen LogP contribution in [-0.2, 0) is 16.0 Å². The smallest absolute Gasteiger partial charge is 0.261 e. The van der Waals surface area contributed by atoms with Crippen LogP contribution >= 0.6 is 0 Å². The van der Waals surface area contributed by atoms with Crippen LogP contribution in [0.15, 0.2) is 54.6 Å². The zero-order valence-corrected chi connectivity index (χ0v) is 18.8. The van der Waals surface area contributed by atoms with Gasteiger partial charge in [-0.15, -0.1) is 0 Å². The van der Waals surface area contributed by atoms with Crippen LogP contribution in [-0.4, -0.2) is 41.4 Å². The summed E-state index contributed by atoms with van der Waals surface area (Å²) in [6, 6.07) is 17.0.